The molecule has 0 aromatic heterocycles. The number of piperazine rings is 1. The standard InChI is InChI=1S/C25H29N3O3/c1-30-21-10-11-24(31-2)23(16-21)26-25(29)18-28-14-12-27(13-15-28)17-20-8-5-7-19-6-3-4-9-22(19)20/h3-11,16H,12-15,17-18H2,1-2H3,(H,26,29). The van der Waals surface area contributed by atoms with Gasteiger partial charge >= 0.3 is 0 Å². The first-order chi connectivity index (χ1) is 15.2. The lowest BCUT2D eigenvalue weighted by Gasteiger charge is -2.34. The molecular formula is C25H29N3O3. The van der Waals surface area contributed by atoms with Crippen molar-refractivity contribution in [2.24, 2.45) is 0 Å². The molecule has 0 radical (unpaired) electrons. The molecule has 1 saturated heterocycles. The van der Waals surface area contributed by atoms with Gasteiger partial charge in [-0.3, -0.25) is 14.6 Å². The van der Waals surface area contributed by atoms with E-state index in [0.29, 0.717) is 23.7 Å². The van der Waals surface area contributed by atoms with E-state index < -0.39 is 0 Å². The van der Waals surface area contributed by atoms with Crippen LogP contribution in [0.15, 0.2) is 60.7 Å². The number of ether oxygens (including phenoxy) is 2. The highest BCUT2D eigenvalue weighted by molar-refractivity contribution is 5.94. The van der Waals surface area contributed by atoms with Crippen molar-refractivity contribution >= 4 is 22.4 Å². The predicted molar refractivity (Wildman–Crippen MR) is 124 cm³/mol. The Labute approximate surface area is 183 Å². The van der Waals surface area contributed by atoms with E-state index >= 15 is 0 Å². The molecule has 1 N–H and O–H groups in total. The van der Waals surface area contributed by atoms with Crippen LogP contribution in [-0.4, -0.2) is 62.7 Å². The zero-order valence-corrected chi connectivity index (χ0v) is 18.1. The Morgan fingerprint density at radius 3 is 2.42 bits per heavy atom. The minimum atomic E-state index is -0.0472. The molecule has 4 rings (SSSR count). The van der Waals surface area contributed by atoms with Gasteiger partial charge in [0.2, 0.25) is 5.91 Å². The molecule has 0 aliphatic carbocycles. The minimum absolute atomic E-state index is 0.0472. The van der Waals surface area contributed by atoms with Crippen molar-refractivity contribution in [1.82, 2.24) is 9.80 Å². The summed E-state index contributed by atoms with van der Waals surface area (Å²) < 4.78 is 10.6. The highest BCUT2D eigenvalue weighted by Gasteiger charge is 2.20. The first kappa shape index (κ1) is 21.2. The number of rotatable bonds is 7. The van der Waals surface area contributed by atoms with Crippen molar-refractivity contribution in [1.29, 1.82) is 0 Å². The number of anilines is 1. The van der Waals surface area contributed by atoms with Crippen LogP contribution in [0.2, 0.25) is 0 Å². The third-order valence-corrected chi connectivity index (χ3v) is 5.79. The molecule has 1 heterocycles. The molecule has 0 unspecified atom stereocenters. The van der Waals surface area contributed by atoms with Crippen LogP contribution < -0.4 is 14.8 Å². The minimum Gasteiger partial charge on any atom is -0.497 e. The fourth-order valence-corrected chi connectivity index (χ4v) is 4.08. The van der Waals surface area contributed by atoms with Crippen LogP contribution in [-0.2, 0) is 11.3 Å². The highest BCUT2D eigenvalue weighted by atomic mass is 16.5. The van der Waals surface area contributed by atoms with Crippen molar-refractivity contribution in [2.75, 3.05) is 52.3 Å². The number of methoxy groups -OCH3 is 2. The van der Waals surface area contributed by atoms with Gasteiger partial charge in [0.05, 0.1) is 26.5 Å². The van der Waals surface area contributed by atoms with E-state index in [0.717, 1.165) is 32.7 Å². The van der Waals surface area contributed by atoms with E-state index in [1.165, 1.54) is 16.3 Å². The summed E-state index contributed by atoms with van der Waals surface area (Å²) in [6, 6.07) is 20.4. The third kappa shape index (κ3) is 5.16. The lowest BCUT2D eigenvalue weighted by Crippen LogP contribution is -2.48. The highest BCUT2D eigenvalue weighted by Crippen LogP contribution is 2.29. The number of carbonyl (C=O) groups excluding carboxylic acids is 1. The number of benzene rings is 3. The molecule has 1 fully saturated rings. The molecule has 0 spiro atoms. The fourth-order valence-electron chi connectivity index (χ4n) is 4.08. The second-order valence-electron chi connectivity index (χ2n) is 7.80. The quantitative estimate of drug-likeness (QED) is 0.634. The molecule has 6 heteroatoms. The second kappa shape index (κ2) is 9.81. The number of carbonyl (C=O) groups is 1. The summed E-state index contributed by atoms with van der Waals surface area (Å²) in [7, 11) is 3.19. The fraction of sp³-hybridized carbons (Fsp3) is 0.320. The van der Waals surface area contributed by atoms with E-state index in [1.807, 2.05) is 6.07 Å². The smallest absolute Gasteiger partial charge is 0.238 e. The first-order valence-electron chi connectivity index (χ1n) is 10.6. The van der Waals surface area contributed by atoms with Crippen molar-refractivity contribution in [2.45, 2.75) is 6.54 Å². The third-order valence-electron chi connectivity index (χ3n) is 5.79. The van der Waals surface area contributed by atoms with Crippen LogP contribution in [0, 0.1) is 0 Å². The summed E-state index contributed by atoms with van der Waals surface area (Å²) >= 11 is 0. The Morgan fingerprint density at radius 1 is 0.903 bits per heavy atom. The molecule has 6 nitrogen and oxygen atoms in total. The van der Waals surface area contributed by atoms with Crippen LogP contribution in [0.5, 0.6) is 11.5 Å². The second-order valence-corrected chi connectivity index (χ2v) is 7.80. The van der Waals surface area contributed by atoms with Gasteiger partial charge < -0.3 is 14.8 Å². The Hall–Kier alpha value is -3.09. The molecule has 3 aromatic rings. The monoisotopic (exact) mass is 419 g/mol. The molecule has 1 aliphatic heterocycles. The number of hydrogen-bond donors (Lipinski definition) is 1. The largest absolute Gasteiger partial charge is 0.497 e. The van der Waals surface area contributed by atoms with Crippen LogP contribution in [0.4, 0.5) is 5.69 Å². The zero-order chi connectivity index (χ0) is 21.6. The Bertz CT molecular complexity index is 1040. The maximum absolute atomic E-state index is 12.6. The normalized spacial score (nSPS) is 15.0. The Balaban J connectivity index is 1.31. The van der Waals surface area contributed by atoms with Gasteiger partial charge in [0.25, 0.3) is 0 Å². The van der Waals surface area contributed by atoms with Gasteiger partial charge in [-0.15, -0.1) is 0 Å². The van der Waals surface area contributed by atoms with E-state index in [9.17, 15) is 4.79 Å². The van der Waals surface area contributed by atoms with Crippen molar-refractivity contribution in [3.05, 3.63) is 66.2 Å². The number of amides is 1. The number of fused-ring (bicyclic) bond motifs is 1. The maximum Gasteiger partial charge on any atom is 0.238 e. The van der Waals surface area contributed by atoms with Gasteiger partial charge in [0.1, 0.15) is 11.5 Å². The summed E-state index contributed by atoms with van der Waals surface area (Å²) in [4.78, 5) is 17.3. The summed E-state index contributed by atoms with van der Waals surface area (Å²) in [5.41, 5.74) is 1.98. The van der Waals surface area contributed by atoms with Crippen LogP contribution in [0.25, 0.3) is 10.8 Å². The SMILES string of the molecule is COc1ccc(OC)c(NC(=O)CN2CCN(Cc3cccc4ccccc34)CC2)c1. The topological polar surface area (TPSA) is 54.0 Å². The maximum atomic E-state index is 12.6. The molecule has 1 amide bonds. The number of nitrogens with zero attached hydrogens (tertiary/aromatic N) is 2. The average molecular weight is 420 g/mol. The van der Waals surface area contributed by atoms with Crippen molar-refractivity contribution in [3.63, 3.8) is 0 Å². The molecule has 31 heavy (non-hydrogen) atoms. The first-order valence-corrected chi connectivity index (χ1v) is 10.6. The molecule has 0 atom stereocenters. The van der Waals surface area contributed by atoms with Crippen LogP contribution >= 0.6 is 0 Å². The lowest BCUT2D eigenvalue weighted by molar-refractivity contribution is -0.117. The van der Waals surface area contributed by atoms with E-state index in [2.05, 4.69) is 57.6 Å². The van der Waals surface area contributed by atoms with Gasteiger partial charge in [-0.1, -0.05) is 42.5 Å². The zero-order valence-electron chi connectivity index (χ0n) is 18.1. The number of hydrogen-bond acceptors (Lipinski definition) is 5. The Kier molecular flexibility index (Phi) is 6.70. The lowest BCUT2D eigenvalue weighted by atomic mass is 10.0. The predicted octanol–water partition coefficient (Wildman–Crippen LogP) is 3.61. The average Bonchev–Trinajstić information content (AvgIpc) is 2.80. The van der Waals surface area contributed by atoms with Crippen LogP contribution in [0.3, 0.4) is 0 Å². The number of nitrogens with one attached hydrogen (secondary N) is 1. The van der Waals surface area contributed by atoms with Gasteiger partial charge in [-0.2, -0.15) is 0 Å². The van der Waals surface area contributed by atoms with Gasteiger partial charge in [0.15, 0.2) is 0 Å². The summed E-state index contributed by atoms with van der Waals surface area (Å²) in [6.45, 7) is 4.92. The van der Waals surface area contributed by atoms with Gasteiger partial charge in [-0.25, -0.2) is 0 Å². The van der Waals surface area contributed by atoms with Crippen molar-refractivity contribution in [3.8, 4) is 11.5 Å². The van der Waals surface area contributed by atoms with E-state index in [-0.39, 0.29) is 5.91 Å². The van der Waals surface area contributed by atoms with Crippen molar-refractivity contribution < 1.29 is 14.3 Å². The Morgan fingerprint density at radius 2 is 1.65 bits per heavy atom. The molecule has 1 aliphatic rings. The summed E-state index contributed by atoms with van der Waals surface area (Å²) in [5, 5.41) is 5.55. The molecule has 3 aromatic carbocycles. The molecular weight excluding hydrogens is 390 g/mol. The summed E-state index contributed by atoms with van der Waals surface area (Å²) in [6.07, 6.45) is 0. The van der Waals surface area contributed by atoms with E-state index in [1.54, 1.807) is 26.4 Å². The van der Waals surface area contributed by atoms with Gasteiger partial charge in [0, 0.05) is 38.8 Å². The molecule has 0 bridgehead atoms. The summed E-state index contributed by atoms with van der Waals surface area (Å²) in [5.74, 6) is 1.25. The molecule has 0 saturated carbocycles. The molecule has 162 valence electrons. The van der Waals surface area contributed by atoms with Gasteiger partial charge in [-0.05, 0) is 28.5 Å². The van der Waals surface area contributed by atoms with E-state index in [4.69, 9.17) is 9.47 Å². The van der Waals surface area contributed by atoms with Crippen LogP contribution in [0.1, 0.15) is 5.56 Å².